The number of carbonyl (C=O) groups is 2. The van der Waals surface area contributed by atoms with Crippen molar-refractivity contribution in [3.8, 4) is 0 Å². The number of benzene rings is 1. The van der Waals surface area contributed by atoms with E-state index >= 15 is 0 Å². The molecule has 0 bridgehead atoms. The van der Waals surface area contributed by atoms with Gasteiger partial charge >= 0.3 is 5.97 Å². The van der Waals surface area contributed by atoms with Crippen LogP contribution in [0.2, 0.25) is 5.15 Å². The van der Waals surface area contributed by atoms with Crippen LogP contribution in [0, 0.1) is 0 Å². The van der Waals surface area contributed by atoms with Crippen LogP contribution >= 0.6 is 11.6 Å². The van der Waals surface area contributed by atoms with Crippen LogP contribution in [0.4, 0.5) is 5.69 Å². The molecule has 0 saturated carbocycles. The van der Waals surface area contributed by atoms with E-state index in [9.17, 15) is 9.59 Å². The molecule has 1 amide bonds. The highest BCUT2D eigenvalue weighted by Gasteiger charge is 2.08. The molecule has 2 rings (SSSR count). The molecule has 0 saturated heterocycles. The van der Waals surface area contributed by atoms with Crippen molar-refractivity contribution < 1.29 is 14.7 Å². The summed E-state index contributed by atoms with van der Waals surface area (Å²) in [5.74, 6) is -1.32. The first-order valence-corrected chi connectivity index (χ1v) is 6.02. The van der Waals surface area contributed by atoms with Crippen LogP contribution in [0.15, 0.2) is 36.7 Å². The fourth-order valence-electron chi connectivity index (χ4n) is 1.51. The maximum absolute atomic E-state index is 11.8. The van der Waals surface area contributed by atoms with Crippen molar-refractivity contribution in [2.75, 3.05) is 5.32 Å². The van der Waals surface area contributed by atoms with Crippen molar-refractivity contribution in [2.45, 2.75) is 6.42 Å². The monoisotopic (exact) mass is 291 g/mol. The first-order valence-electron chi connectivity index (χ1n) is 5.64. The van der Waals surface area contributed by atoms with Gasteiger partial charge in [-0.05, 0) is 17.7 Å². The van der Waals surface area contributed by atoms with Crippen molar-refractivity contribution in [1.82, 2.24) is 9.97 Å². The van der Waals surface area contributed by atoms with Crippen molar-refractivity contribution >= 4 is 29.2 Å². The molecule has 102 valence electrons. The van der Waals surface area contributed by atoms with E-state index in [1.165, 1.54) is 12.4 Å². The number of halogens is 1. The Morgan fingerprint density at radius 2 is 1.85 bits per heavy atom. The summed E-state index contributed by atoms with van der Waals surface area (Å²) in [5.41, 5.74) is 1.34. The van der Waals surface area contributed by atoms with Gasteiger partial charge in [0, 0.05) is 5.69 Å². The van der Waals surface area contributed by atoms with Gasteiger partial charge in [-0.2, -0.15) is 0 Å². The summed E-state index contributed by atoms with van der Waals surface area (Å²) in [6, 6.07) is 6.52. The van der Waals surface area contributed by atoms with Crippen LogP contribution in [0.1, 0.15) is 16.1 Å². The van der Waals surface area contributed by atoms with Crippen LogP contribution in [0.3, 0.4) is 0 Å². The average molecular weight is 292 g/mol. The Hall–Kier alpha value is -2.47. The summed E-state index contributed by atoms with van der Waals surface area (Å²) in [5, 5.41) is 11.5. The van der Waals surface area contributed by atoms with Crippen LogP contribution in [-0.4, -0.2) is 27.0 Å². The standard InChI is InChI=1S/C13H10ClN3O3/c14-11-7-15-10(6-16-11)13(20)17-9-3-1-8(2-4-9)5-12(18)19/h1-4,6-7H,5H2,(H,17,20)(H,18,19). The molecule has 1 heterocycles. The SMILES string of the molecule is O=C(O)Cc1ccc(NC(=O)c2cnc(Cl)cn2)cc1. The highest BCUT2D eigenvalue weighted by Crippen LogP contribution is 2.11. The maximum atomic E-state index is 11.8. The van der Waals surface area contributed by atoms with Gasteiger partial charge in [0.2, 0.25) is 0 Å². The van der Waals surface area contributed by atoms with E-state index in [0.717, 1.165) is 0 Å². The van der Waals surface area contributed by atoms with Gasteiger partial charge in [-0.1, -0.05) is 23.7 Å². The highest BCUT2D eigenvalue weighted by molar-refractivity contribution is 6.29. The predicted octanol–water partition coefficient (Wildman–Crippen LogP) is 2.01. The molecule has 7 heteroatoms. The number of carboxylic acid groups (broad SMARTS) is 1. The van der Waals surface area contributed by atoms with Crippen molar-refractivity contribution in [3.05, 3.63) is 53.1 Å². The fourth-order valence-corrected chi connectivity index (χ4v) is 1.60. The molecule has 0 fully saturated rings. The molecule has 20 heavy (non-hydrogen) atoms. The number of carboxylic acids is 1. The molecule has 0 spiro atoms. The highest BCUT2D eigenvalue weighted by atomic mass is 35.5. The molecule has 1 aromatic heterocycles. The third-order valence-corrected chi connectivity index (χ3v) is 2.62. The number of anilines is 1. The Morgan fingerprint density at radius 3 is 2.40 bits per heavy atom. The van der Waals surface area contributed by atoms with Gasteiger partial charge in [-0.3, -0.25) is 9.59 Å². The quantitative estimate of drug-likeness (QED) is 0.899. The number of aromatic nitrogens is 2. The summed E-state index contributed by atoms with van der Waals surface area (Å²) in [7, 11) is 0. The number of aliphatic carboxylic acids is 1. The van der Waals surface area contributed by atoms with Gasteiger partial charge in [-0.25, -0.2) is 9.97 Å². The van der Waals surface area contributed by atoms with E-state index in [0.29, 0.717) is 11.3 Å². The second kappa shape index (κ2) is 6.12. The third kappa shape index (κ3) is 3.76. The zero-order valence-electron chi connectivity index (χ0n) is 10.2. The smallest absolute Gasteiger partial charge is 0.307 e. The lowest BCUT2D eigenvalue weighted by Gasteiger charge is -2.05. The zero-order chi connectivity index (χ0) is 14.5. The van der Waals surface area contributed by atoms with Crippen molar-refractivity contribution in [1.29, 1.82) is 0 Å². The van der Waals surface area contributed by atoms with E-state index in [4.69, 9.17) is 16.7 Å². The minimum atomic E-state index is -0.904. The number of hydrogen-bond donors (Lipinski definition) is 2. The molecule has 0 unspecified atom stereocenters. The first-order chi connectivity index (χ1) is 9.54. The molecular weight excluding hydrogens is 282 g/mol. The third-order valence-electron chi connectivity index (χ3n) is 2.42. The first kappa shape index (κ1) is 14.0. The van der Waals surface area contributed by atoms with Crippen LogP contribution in [-0.2, 0) is 11.2 Å². The maximum Gasteiger partial charge on any atom is 0.307 e. The summed E-state index contributed by atoms with van der Waals surface area (Å²) >= 11 is 5.58. The number of amides is 1. The largest absolute Gasteiger partial charge is 0.481 e. The molecule has 1 aromatic carbocycles. The average Bonchev–Trinajstić information content (AvgIpc) is 2.41. The minimum absolute atomic E-state index is 0.0586. The lowest BCUT2D eigenvalue weighted by Crippen LogP contribution is -2.14. The topological polar surface area (TPSA) is 92.2 Å². The summed E-state index contributed by atoms with van der Waals surface area (Å²) in [6.45, 7) is 0. The number of nitrogens with zero attached hydrogens (tertiary/aromatic N) is 2. The van der Waals surface area contributed by atoms with Crippen LogP contribution in [0.5, 0.6) is 0 Å². The molecule has 6 nitrogen and oxygen atoms in total. The van der Waals surface area contributed by atoms with E-state index < -0.39 is 11.9 Å². The van der Waals surface area contributed by atoms with Gasteiger partial charge < -0.3 is 10.4 Å². The number of carbonyl (C=O) groups excluding carboxylic acids is 1. The molecule has 0 aliphatic heterocycles. The van der Waals surface area contributed by atoms with Gasteiger partial charge in [0.15, 0.2) is 0 Å². The van der Waals surface area contributed by atoms with E-state index in [1.807, 2.05) is 0 Å². The Balaban J connectivity index is 2.04. The summed E-state index contributed by atoms with van der Waals surface area (Å²) in [4.78, 5) is 30.0. The second-order valence-corrected chi connectivity index (χ2v) is 4.33. The minimum Gasteiger partial charge on any atom is -0.481 e. The van der Waals surface area contributed by atoms with E-state index in [-0.39, 0.29) is 17.3 Å². The molecule has 0 aliphatic rings. The molecule has 0 radical (unpaired) electrons. The van der Waals surface area contributed by atoms with Gasteiger partial charge in [0.1, 0.15) is 10.8 Å². The van der Waals surface area contributed by atoms with Crippen LogP contribution < -0.4 is 5.32 Å². The van der Waals surface area contributed by atoms with Crippen molar-refractivity contribution in [3.63, 3.8) is 0 Å². The van der Waals surface area contributed by atoms with Gasteiger partial charge in [0.25, 0.3) is 5.91 Å². The van der Waals surface area contributed by atoms with E-state index in [2.05, 4.69) is 15.3 Å². The Morgan fingerprint density at radius 1 is 1.15 bits per heavy atom. The lowest BCUT2D eigenvalue weighted by molar-refractivity contribution is -0.136. The molecule has 2 N–H and O–H groups in total. The molecule has 0 atom stereocenters. The zero-order valence-corrected chi connectivity index (χ0v) is 11.0. The predicted molar refractivity (Wildman–Crippen MR) is 72.8 cm³/mol. The second-order valence-electron chi connectivity index (χ2n) is 3.95. The number of rotatable bonds is 4. The molecule has 2 aromatic rings. The summed E-state index contributed by atoms with van der Waals surface area (Å²) < 4.78 is 0. The lowest BCUT2D eigenvalue weighted by atomic mass is 10.1. The van der Waals surface area contributed by atoms with Crippen LogP contribution in [0.25, 0.3) is 0 Å². The Labute approximate surface area is 119 Å². The molecular formula is C13H10ClN3O3. The fraction of sp³-hybridized carbons (Fsp3) is 0.0769. The van der Waals surface area contributed by atoms with Crippen molar-refractivity contribution in [2.24, 2.45) is 0 Å². The van der Waals surface area contributed by atoms with E-state index in [1.54, 1.807) is 24.3 Å². The summed E-state index contributed by atoms with van der Waals surface area (Å²) in [6.07, 6.45) is 2.50. The number of nitrogens with one attached hydrogen (secondary N) is 1. The Bertz CT molecular complexity index is 626. The number of hydrogen-bond acceptors (Lipinski definition) is 4. The molecule has 0 aliphatic carbocycles. The normalized spacial score (nSPS) is 10.1. The van der Waals surface area contributed by atoms with Gasteiger partial charge in [0.05, 0.1) is 18.8 Å². The Kier molecular flexibility index (Phi) is 4.27. The van der Waals surface area contributed by atoms with Gasteiger partial charge in [-0.15, -0.1) is 0 Å².